The molecule has 4 aromatic rings. The number of hydrogen-bond donors (Lipinski definition) is 1. The van der Waals surface area contributed by atoms with Crippen molar-refractivity contribution in [1.29, 1.82) is 0 Å². The van der Waals surface area contributed by atoms with E-state index >= 15 is 0 Å². The van der Waals surface area contributed by atoms with Gasteiger partial charge in [-0.1, -0.05) is 42.5 Å². The molecule has 130 valence electrons. The van der Waals surface area contributed by atoms with E-state index in [4.69, 9.17) is 4.99 Å². The van der Waals surface area contributed by atoms with Crippen LogP contribution < -0.4 is 4.90 Å². The largest absolute Gasteiger partial charge is 0.359 e. The summed E-state index contributed by atoms with van der Waals surface area (Å²) < 4.78 is 0. The molecule has 0 aliphatic carbocycles. The molecule has 3 aromatic carbocycles. The fourth-order valence-corrected chi connectivity index (χ4v) is 3.60. The molecule has 4 nitrogen and oxygen atoms in total. The van der Waals surface area contributed by atoms with Crippen LogP contribution in [-0.4, -0.2) is 16.6 Å². The van der Waals surface area contributed by atoms with Crippen LogP contribution in [0.4, 0.5) is 17.1 Å². The molecule has 0 unspecified atom stereocenters. The van der Waals surface area contributed by atoms with E-state index in [1.807, 2.05) is 79.7 Å². The van der Waals surface area contributed by atoms with Gasteiger partial charge in [0, 0.05) is 22.5 Å². The summed E-state index contributed by atoms with van der Waals surface area (Å²) in [7, 11) is 0. The molecule has 0 spiro atoms. The molecule has 0 atom stereocenters. The maximum atomic E-state index is 13.2. The highest BCUT2D eigenvalue weighted by Crippen LogP contribution is 2.36. The van der Waals surface area contributed by atoms with Gasteiger partial charge in [0.05, 0.1) is 11.4 Å². The Morgan fingerprint density at radius 2 is 1.67 bits per heavy atom. The summed E-state index contributed by atoms with van der Waals surface area (Å²) in [6.45, 7) is 2.03. The Kier molecular flexibility index (Phi) is 3.44. The number of rotatable bonds is 2. The van der Waals surface area contributed by atoms with Crippen molar-refractivity contribution in [3.8, 4) is 0 Å². The van der Waals surface area contributed by atoms with E-state index in [1.165, 1.54) is 0 Å². The molecule has 27 heavy (non-hydrogen) atoms. The Morgan fingerprint density at radius 1 is 0.889 bits per heavy atom. The zero-order valence-electron chi connectivity index (χ0n) is 14.8. The van der Waals surface area contributed by atoms with Crippen LogP contribution in [0.1, 0.15) is 11.3 Å². The SMILES string of the molecule is Cc1cc2ccc(N=C3C(=O)N(c4ccccc4)c4ccccc43)cc2[nH]1. The number of amides is 1. The molecule has 1 aromatic heterocycles. The topological polar surface area (TPSA) is 48.5 Å². The lowest BCUT2D eigenvalue weighted by Gasteiger charge is -2.16. The van der Waals surface area contributed by atoms with Crippen molar-refractivity contribution < 1.29 is 4.79 Å². The third-order valence-corrected chi connectivity index (χ3v) is 4.80. The minimum Gasteiger partial charge on any atom is -0.359 e. The smallest absolute Gasteiger partial charge is 0.282 e. The van der Waals surface area contributed by atoms with Gasteiger partial charge in [0.25, 0.3) is 5.91 Å². The highest BCUT2D eigenvalue weighted by molar-refractivity contribution is 6.56. The molecule has 4 heteroatoms. The molecule has 1 N–H and O–H groups in total. The normalized spacial score (nSPS) is 14.9. The van der Waals surface area contributed by atoms with Gasteiger partial charge in [-0.05, 0) is 48.7 Å². The number of hydrogen-bond acceptors (Lipinski definition) is 2. The van der Waals surface area contributed by atoms with Gasteiger partial charge in [-0.3, -0.25) is 9.69 Å². The average molecular weight is 351 g/mol. The van der Waals surface area contributed by atoms with E-state index in [9.17, 15) is 4.79 Å². The fraction of sp³-hybridized carbons (Fsp3) is 0.0435. The van der Waals surface area contributed by atoms with E-state index in [0.29, 0.717) is 5.71 Å². The zero-order chi connectivity index (χ0) is 18.4. The molecule has 1 amide bonds. The fourth-order valence-electron chi connectivity index (χ4n) is 3.60. The van der Waals surface area contributed by atoms with Crippen molar-refractivity contribution in [3.63, 3.8) is 0 Å². The number of para-hydroxylation sites is 2. The van der Waals surface area contributed by atoms with E-state index in [1.54, 1.807) is 4.90 Å². The second kappa shape index (κ2) is 5.95. The highest BCUT2D eigenvalue weighted by Gasteiger charge is 2.34. The van der Waals surface area contributed by atoms with E-state index < -0.39 is 0 Å². The van der Waals surface area contributed by atoms with Gasteiger partial charge in [-0.25, -0.2) is 4.99 Å². The number of fused-ring (bicyclic) bond motifs is 2. The quantitative estimate of drug-likeness (QED) is 0.525. The number of carbonyl (C=O) groups excluding carboxylic acids is 1. The summed E-state index contributed by atoms with van der Waals surface area (Å²) >= 11 is 0. The van der Waals surface area contributed by atoms with Crippen LogP contribution in [0.2, 0.25) is 0 Å². The number of aryl methyl sites for hydroxylation is 1. The number of aliphatic imine (C=N–C) groups is 1. The van der Waals surface area contributed by atoms with Gasteiger partial charge in [-0.2, -0.15) is 0 Å². The predicted octanol–water partition coefficient (Wildman–Crippen LogP) is 5.28. The maximum Gasteiger partial charge on any atom is 0.282 e. The summed E-state index contributed by atoms with van der Waals surface area (Å²) in [6, 6.07) is 25.5. The molecule has 1 aliphatic rings. The number of anilines is 2. The van der Waals surface area contributed by atoms with Gasteiger partial charge in [0.15, 0.2) is 0 Å². The lowest BCUT2D eigenvalue weighted by Crippen LogP contribution is -2.25. The Labute approximate surface area is 156 Å². The first-order valence-electron chi connectivity index (χ1n) is 8.88. The first kappa shape index (κ1) is 15.6. The number of nitrogens with zero attached hydrogens (tertiary/aromatic N) is 2. The molecule has 0 saturated heterocycles. The van der Waals surface area contributed by atoms with Crippen LogP contribution in [0.15, 0.2) is 83.9 Å². The Hall–Kier alpha value is -3.66. The molecule has 0 fully saturated rings. The van der Waals surface area contributed by atoms with Crippen molar-refractivity contribution in [2.75, 3.05) is 4.90 Å². The van der Waals surface area contributed by atoms with Crippen LogP contribution in [0.25, 0.3) is 10.9 Å². The first-order valence-corrected chi connectivity index (χ1v) is 8.88. The number of aromatic nitrogens is 1. The summed E-state index contributed by atoms with van der Waals surface area (Å²) in [4.78, 5) is 23.0. The number of nitrogens with one attached hydrogen (secondary N) is 1. The van der Waals surface area contributed by atoms with Crippen molar-refractivity contribution in [1.82, 2.24) is 4.98 Å². The number of benzene rings is 3. The van der Waals surface area contributed by atoms with Gasteiger partial charge in [0.2, 0.25) is 0 Å². The molecule has 1 aliphatic heterocycles. The van der Waals surface area contributed by atoms with Crippen LogP contribution in [0.3, 0.4) is 0 Å². The summed E-state index contributed by atoms with van der Waals surface area (Å²) in [6.07, 6.45) is 0. The summed E-state index contributed by atoms with van der Waals surface area (Å²) in [5, 5.41) is 1.14. The van der Waals surface area contributed by atoms with Crippen LogP contribution in [0, 0.1) is 6.92 Å². The average Bonchev–Trinajstić information content (AvgIpc) is 3.19. The Morgan fingerprint density at radius 3 is 2.52 bits per heavy atom. The molecule has 5 rings (SSSR count). The van der Waals surface area contributed by atoms with Crippen molar-refractivity contribution in [2.45, 2.75) is 6.92 Å². The number of carbonyl (C=O) groups is 1. The second-order valence-corrected chi connectivity index (χ2v) is 6.68. The third kappa shape index (κ3) is 2.54. The van der Waals surface area contributed by atoms with E-state index in [-0.39, 0.29) is 5.91 Å². The van der Waals surface area contributed by atoms with Crippen molar-refractivity contribution in [2.24, 2.45) is 4.99 Å². The highest BCUT2D eigenvalue weighted by atomic mass is 16.2. The minimum absolute atomic E-state index is 0.106. The zero-order valence-corrected chi connectivity index (χ0v) is 14.8. The lowest BCUT2D eigenvalue weighted by atomic mass is 10.1. The minimum atomic E-state index is -0.106. The molecular weight excluding hydrogens is 334 g/mol. The maximum absolute atomic E-state index is 13.2. The van der Waals surface area contributed by atoms with Crippen molar-refractivity contribution >= 4 is 39.6 Å². The van der Waals surface area contributed by atoms with Gasteiger partial charge < -0.3 is 4.98 Å². The van der Waals surface area contributed by atoms with Gasteiger partial charge in [-0.15, -0.1) is 0 Å². The van der Waals surface area contributed by atoms with E-state index in [2.05, 4.69) is 11.1 Å². The molecule has 2 heterocycles. The second-order valence-electron chi connectivity index (χ2n) is 6.68. The number of aromatic amines is 1. The van der Waals surface area contributed by atoms with Gasteiger partial charge in [0.1, 0.15) is 5.71 Å². The molecule has 0 saturated carbocycles. The summed E-state index contributed by atoms with van der Waals surface area (Å²) in [5.74, 6) is -0.106. The molecule has 0 radical (unpaired) electrons. The van der Waals surface area contributed by atoms with E-state index in [0.717, 1.165) is 39.2 Å². The monoisotopic (exact) mass is 351 g/mol. The third-order valence-electron chi connectivity index (χ3n) is 4.80. The predicted molar refractivity (Wildman–Crippen MR) is 109 cm³/mol. The summed E-state index contributed by atoms with van der Waals surface area (Å²) in [5.41, 5.74) is 5.92. The van der Waals surface area contributed by atoms with Crippen LogP contribution in [0.5, 0.6) is 0 Å². The van der Waals surface area contributed by atoms with Gasteiger partial charge >= 0.3 is 0 Å². The molecule has 0 bridgehead atoms. The number of H-pyrrole nitrogens is 1. The van der Waals surface area contributed by atoms with Crippen molar-refractivity contribution in [3.05, 3.63) is 90.1 Å². The lowest BCUT2D eigenvalue weighted by molar-refractivity contribution is -0.111. The Balaban J connectivity index is 1.65. The Bertz CT molecular complexity index is 1200. The van der Waals surface area contributed by atoms with Crippen LogP contribution in [-0.2, 0) is 4.79 Å². The molecular formula is C23H17N3O. The first-order chi connectivity index (χ1) is 13.2. The standard InChI is InChI=1S/C23H17N3O/c1-15-13-16-11-12-17(14-20(16)24-15)25-22-19-9-5-6-10-21(19)26(23(22)27)18-7-3-2-4-8-18/h2-14,24H,1H3. The van der Waals surface area contributed by atoms with Crippen LogP contribution >= 0.6 is 0 Å².